The van der Waals surface area contributed by atoms with E-state index in [-0.39, 0.29) is 36.7 Å². The van der Waals surface area contributed by atoms with Crippen LogP contribution >= 0.6 is 0 Å². The fourth-order valence-electron chi connectivity index (χ4n) is 0.892. The van der Waals surface area contributed by atoms with Crippen LogP contribution in [0.1, 0.15) is 6.99 Å². The average molecular weight is 210 g/mol. The summed E-state index contributed by atoms with van der Waals surface area (Å²) < 4.78 is 29.2. The smallest absolute Gasteiger partial charge is 1.00 e. The third kappa shape index (κ3) is 6.23. The van der Waals surface area contributed by atoms with Gasteiger partial charge in [0.05, 0.1) is 5.75 Å². The molecule has 0 aliphatic rings. The Hall–Kier alpha value is 0.130. The molecule has 0 aliphatic heterocycles. The van der Waals surface area contributed by atoms with Crippen LogP contribution in [0.5, 0.6) is 0 Å². The summed E-state index contributed by atoms with van der Waals surface area (Å²) in [5.41, 5.74) is 0.912. The minimum Gasteiger partial charge on any atom is -1.00 e. The third-order valence-electron chi connectivity index (χ3n) is 1.49. The van der Waals surface area contributed by atoms with Gasteiger partial charge in [0.2, 0.25) is 0 Å². The van der Waals surface area contributed by atoms with Crippen molar-refractivity contribution < 1.29 is 44.0 Å². The molecular weight excluding hydrogens is 199 g/mol. The van der Waals surface area contributed by atoms with E-state index in [1.165, 1.54) is 0 Å². The SMILES string of the molecule is O=S(=O)(O)CCc1ccccc1.[H-].[Na+]. The second-order valence-electron chi connectivity index (χ2n) is 2.52. The van der Waals surface area contributed by atoms with E-state index in [1.54, 1.807) is 0 Å². The van der Waals surface area contributed by atoms with Crippen LogP contribution in [-0.4, -0.2) is 18.7 Å². The minimum absolute atomic E-state index is 0. The molecule has 0 unspecified atom stereocenters. The van der Waals surface area contributed by atoms with Crippen LogP contribution in [0.3, 0.4) is 0 Å². The molecule has 1 rings (SSSR count). The first-order chi connectivity index (χ1) is 5.58. The zero-order valence-electron chi connectivity index (χ0n) is 8.47. The Balaban J connectivity index is 0. The number of rotatable bonds is 3. The standard InChI is InChI=1S/C8H10O3S.Na.H/c9-12(10,11)7-6-8-4-2-1-3-5-8;;/h1-5H,6-7H2,(H,9,10,11);;/q;+1;-1. The van der Waals surface area contributed by atoms with Crippen molar-refractivity contribution in [3.8, 4) is 0 Å². The van der Waals surface area contributed by atoms with E-state index in [1.807, 2.05) is 30.3 Å². The Morgan fingerprint density at radius 1 is 1.23 bits per heavy atom. The number of hydrogen-bond acceptors (Lipinski definition) is 2. The van der Waals surface area contributed by atoms with Crippen molar-refractivity contribution in [2.75, 3.05) is 5.75 Å². The molecule has 0 atom stereocenters. The van der Waals surface area contributed by atoms with E-state index in [2.05, 4.69) is 0 Å². The van der Waals surface area contributed by atoms with Crippen molar-refractivity contribution in [2.45, 2.75) is 6.42 Å². The van der Waals surface area contributed by atoms with Gasteiger partial charge >= 0.3 is 29.6 Å². The maximum Gasteiger partial charge on any atom is 1.00 e. The van der Waals surface area contributed by atoms with Crippen molar-refractivity contribution in [3.63, 3.8) is 0 Å². The van der Waals surface area contributed by atoms with E-state index in [9.17, 15) is 8.42 Å². The van der Waals surface area contributed by atoms with Crippen molar-refractivity contribution in [3.05, 3.63) is 35.9 Å². The van der Waals surface area contributed by atoms with Gasteiger partial charge in [0, 0.05) is 0 Å². The first-order valence-corrected chi connectivity index (χ1v) is 5.18. The number of aryl methyl sites for hydroxylation is 1. The van der Waals surface area contributed by atoms with E-state index < -0.39 is 10.1 Å². The van der Waals surface area contributed by atoms with Crippen molar-refractivity contribution >= 4 is 10.1 Å². The molecule has 5 heteroatoms. The van der Waals surface area contributed by atoms with Crippen molar-refractivity contribution in [1.82, 2.24) is 0 Å². The van der Waals surface area contributed by atoms with Gasteiger partial charge in [-0.1, -0.05) is 30.3 Å². The van der Waals surface area contributed by atoms with Crippen LogP contribution in [0.2, 0.25) is 0 Å². The zero-order valence-corrected chi connectivity index (χ0v) is 10.3. The summed E-state index contributed by atoms with van der Waals surface area (Å²) in [6.45, 7) is 0. The van der Waals surface area contributed by atoms with Gasteiger partial charge in [-0.2, -0.15) is 8.42 Å². The zero-order chi connectivity index (χ0) is 9.03. The summed E-state index contributed by atoms with van der Waals surface area (Å²) in [7, 11) is -3.82. The van der Waals surface area contributed by atoms with E-state index >= 15 is 0 Å². The molecule has 1 aromatic rings. The summed E-state index contributed by atoms with van der Waals surface area (Å²) in [6.07, 6.45) is 0.361. The van der Waals surface area contributed by atoms with Crippen LogP contribution < -0.4 is 29.6 Å². The first-order valence-electron chi connectivity index (χ1n) is 3.57. The molecule has 3 nitrogen and oxygen atoms in total. The van der Waals surface area contributed by atoms with Crippen LogP contribution in [0.25, 0.3) is 0 Å². The minimum atomic E-state index is -3.82. The summed E-state index contributed by atoms with van der Waals surface area (Å²) in [4.78, 5) is 0. The first kappa shape index (κ1) is 13.1. The van der Waals surface area contributed by atoms with Gasteiger partial charge in [-0.05, 0) is 12.0 Å². The molecule has 68 valence electrons. The molecule has 0 spiro atoms. The van der Waals surface area contributed by atoms with Gasteiger partial charge in [-0.15, -0.1) is 0 Å². The van der Waals surface area contributed by atoms with E-state index in [4.69, 9.17) is 4.55 Å². The van der Waals surface area contributed by atoms with Crippen molar-refractivity contribution in [1.29, 1.82) is 0 Å². The molecule has 0 heterocycles. The maximum atomic E-state index is 10.4. The monoisotopic (exact) mass is 210 g/mol. The molecule has 0 aromatic heterocycles. The van der Waals surface area contributed by atoms with Crippen LogP contribution in [0.15, 0.2) is 30.3 Å². The van der Waals surface area contributed by atoms with E-state index in [0.29, 0.717) is 6.42 Å². The quantitative estimate of drug-likeness (QED) is 0.474. The molecule has 1 aromatic carbocycles. The summed E-state index contributed by atoms with van der Waals surface area (Å²) in [5.74, 6) is -0.211. The topological polar surface area (TPSA) is 54.4 Å². The predicted octanol–water partition coefficient (Wildman–Crippen LogP) is -1.77. The Bertz CT molecular complexity index is 339. The second-order valence-corrected chi connectivity index (χ2v) is 4.09. The predicted molar refractivity (Wildman–Crippen MR) is 47.7 cm³/mol. The second kappa shape index (κ2) is 5.78. The fourth-order valence-corrected chi connectivity index (χ4v) is 1.39. The van der Waals surface area contributed by atoms with Gasteiger partial charge in [0.15, 0.2) is 0 Å². The van der Waals surface area contributed by atoms with Gasteiger partial charge in [0.25, 0.3) is 10.1 Å². The molecule has 13 heavy (non-hydrogen) atoms. The normalized spacial score (nSPS) is 10.5. The molecule has 0 aliphatic carbocycles. The number of hydrogen-bond donors (Lipinski definition) is 1. The summed E-state index contributed by atoms with van der Waals surface area (Å²) >= 11 is 0. The Kier molecular flexibility index (Phi) is 5.83. The summed E-state index contributed by atoms with van der Waals surface area (Å²) in [5, 5.41) is 0. The molecule has 0 saturated heterocycles. The number of benzene rings is 1. The fraction of sp³-hybridized carbons (Fsp3) is 0.250. The average Bonchev–Trinajstić information content (AvgIpc) is 2.02. The van der Waals surface area contributed by atoms with Crippen molar-refractivity contribution in [2.24, 2.45) is 0 Å². The molecule has 1 N–H and O–H groups in total. The summed E-state index contributed by atoms with van der Waals surface area (Å²) in [6, 6.07) is 9.17. The molecule has 0 radical (unpaired) electrons. The Labute approximate surface area is 102 Å². The van der Waals surface area contributed by atoms with Gasteiger partial charge < -0.3 is 1.43 Å². The maximum absolute atomic E-state index is 10.4. The molecule has 0 bridgehead atoms. The van der Waals surface area contributed by atoms with Crippen LogP contribution in [0.4, 0.5) is 0 Å². The molecule has 0 saturated carbocycles. The third-order valence-corrected chi connectivity index (χ3v) is 2.21. The Morgan fingerprint density at radius 2 is 1.77 bits per heavy atom. The Morgan fingerprint density at radius 3 is 2.23 bits per heavy atom. The molecule has 0 amide bonds. The molecular formula is C8H11NaO3S. The van der Waals surface area contributed by atoms with E-state index in [0.717, 1.165) is 5.56 Å². The van der Waals surface area contributed by atoms with Gasteiger partial charge in [0.1, 0.15) is 0 Å². The van der Waals surface area contributed by atoms with Crippen LogP contribution in [-0.2, 0) is 16.5 Å². The van der Waals surface area contributed by atoms with Gasteiger partial charge in [-0.3, -0.25) is 4.55 Å². The van der Waals surface area contributed by atoms with Crippen LogP contribution in [0, 0.1) is 0 Å². The largest absolute Gasteiger partial charge is 1.00 e. The van der Waals surface area contributed by atoms with Gasteiger partial charge in [-0.25, -0.2) is 0 Å². The molecule has 0 fully saturated rings.